The molecule has 6 heteroatoms. The summed E-state index contributed by atoms with van der Waals surface area (Å²) in [4.78, 5) is 0. The van der Waals surface area contributed by atoms with E-state index in [0.29, 0.717) is 12.5 Å². The van der Waals surface area contributed by atoms with E-state index < -0.39 is 0 Å². The van der Waals surface area contributed by atoms with Crippen molar-refractivity contribution in [2.24, 2.45) is 5.92 Å². The quantitative estimate of drug-likeness (QED) is 0.877. The average Bonchev–Trinajstić information content (AvgIpc) is 2.91. The fourth-order valence-corrected chi connectivity index (χ4v) is 2.26. The van der Waals surface area contributed by atoms with Gasteiger partial charge in [-0.15, -0.1) is 0 Å². The van der Waals surface area contributed by atoms with Crippen molar-refractivity contribution in [2.75, 3.05) is 6.54 Å². The molecule has 0 amide bonds. The first-order valence-electron chi connectivity index (χ1n) is 6.82. The fourth-order valence-electron chi connectivity index (χ4n) is 1.98. The molecule has 5 nitrogen and oxygen atoms in total. The number of nitrogens with one attached hydrogen (secondary N) is 1. The highest BCUT2D eigenvalue weighted by Gasteiger charge is 2.11. The topological polar surface area (TPSA) is 55.9 Å². The van der Waals surface area contributed by atoms with Crippen molar-refractivity contribution < 1.29 is 4.52 Å². The Labute approximate surface area is 127 Å². The number of halogens is 1. The highest BCUT2D eigenvalue weighted by molar-refractivity contribution is 9.10. The average molecular weight is 341 g/mol. The van der Waals surface area contributed by atoms with Gasteiger partial charge in [0.05, 0.1) is 21.6 Å². The largest absolute Gasteiger partial charge is 0.359 e. The summed E-state index contributed by atoms with van der Waals surface area (Å²) in [6.45, 7) is 10.7. The van der Waals surface area contributed by atoms with E-state index in [9.17, 15) is 0 Å². The standard InChI is InChI=1S/C14H21BrN4O/c1-9(2)6-16-7-12-5-13(20-18-12)8-19-11(4)14(15)10(3)17-19/h5,9,16H,6-8H2,1-4H3. The van der Waals surface area contributed by atoms with Crippen molar-refractivity contribution in [2.45, 2.75) is 40.8 Å². The molecule has 2 heterocycles. The Morgan fingerprint density at radius 1 is 1.40 bits per heavy atom. The normalized spacial score (nSPS) is 11.5. The zero-order chi connectivity index (χ0) is 14.7. The molecule has 0 unspecified atom stereocenters. The predicted molar refractivity (Wildman–Crippen MR) is 81.6 cm³/mol. The minimum absolute atomic E-state index is 0.607. The summed E-state index contributed by atoms with van der Waals surface area (Å²) in [5.74, 6) is 1.46. The van der Waals surface area contributed by atoms with E-state index in [0.717, 1.165) is 40.4 Å². The number of hydrogen-bond donors (Lipinski definition) is 1. The molecule has 2 aromatic heterocycles. The van der Waals surface area contributed by atoms with E-state index in [1.165, 1.54) is 0 Å². The Kier molecular flexibility index (Phi) is 4.99. The Bertz CT molecular complexity index is 574. The van der Waals surface area contributed by atoms with Crippen LogP contribution in [-0.2, 0) is 13.1 Å². The molecule has 0 bridgehead atoms. The van der Waals surface area contributed by atoms with Gasteiger partial charge in [0, 0.05) is 12.6 Å². The lowest BCUT2D eigenvalue weighted by Gasteiger charge is -2.04. The van der Waals surface area contributed by atoms with E-state index >= 15 is 0 Å². The molecule has 2 rings (SSSR count). The number of nitrogens with zero attached hydrogens (tertiary/aromatic N) is 3. The van der Waals surface area contributed by atoms with Crippen LogP contribution in [0.15, 0.2) is 15.1 Å². The van der Waals surface area contributed by atoms with E-state index in [-0.39, 0.29) is 0 Å². The van der Waals surface area contributed by atoms with Crippen LogP contribution in [0, 0.1) is 19.8 Å². The summed E-state index contributed by atoms with van der Waals surface area (Å²) in [6, 6.07) is 1.98. The monoisotopic (exact) mass is 340 g/mol. The second kappa shape index (κ2) is 6.54. The molecule has 2 aromatic rings. The third-order valence-corrected chi connectivity index (χ3v) is 4.21. The van der Waals surface area contributed by atoms with Gasteiger partial charge in [-0.05, 0) is 42.2 Å². The van der Waals surface area contributed by atoms with Crippen LogP contribution in [0.3, 0.4) is 0 Å². The molecule has 20 heavy (non-hydrogen) atoms. The summed E-state index contributed by atoms with van der Waals surface area (Å²) in [7, 11) is 0. The molecule has 0 atom stereocenters. The van der Waals surface area contributed by atoms with Crippen molar-refractivity contribution in [3.8, 4) is 0 Å². The van der Waals surface area contributed by atoms with Crippen molar-refractivity contribution in [3.05, 3.63) is 33.4 Å². The van der Waals surface area contributed by atoms with Crippen LogP contribution < -0.4 is 5.32 Å². The molecule has 0 aromatic carbocycles. The smallest absolute Gasteiger partial charge is 0.158 e. The summed E-state index contributed by atoms with van der Waals surface area (Å²) in [5.41, 5.74) is 3.01. The Morgan fingerprint density at radius 3 is 2.75 bits per heavy atom. The summed E-state index contributed by atoms with van der Waals surface area (Å²) in [6.07, 6.45) is 0. The van der Waals surface area contributed by atoms with Crippen molar-refractivity contribution in [1.82, 2.24) is 20.3 Å². The second-order valence-electron chi connectivity index (χ2n) is 5.45. The van der Waals surface area contributed by atoms with Crippen LogP contribution in [0.5, 0.6) is 0 Å². The summed E-state index contributed by atoms with van der Waals surface area (Å²) >= 11 is 3.53. The maximum absolute atomic E-state index is 5.36. The maximum atomic E-state index is 5.36. The Morgan fingerprint density at radius 2 is 2.15 bits per heavy atom. The summed E-state index contributed by atoms with van der Waals surface area (Å²) in [5, 5.41) is 11.9. The Balaban J connectivity index is 1.97. The molecule has 0 fully saturated rings. The molecule has 110 valence electrons. The van der Waals surface area contributed by atoms with E-state index in [1.807, 2.05) is 24.6 Å². The molecule has 0 radical (unpaired) electrons. The predicted octanol–water partition coefficient (Wildman–Crippen LogP) is 3.04. The van der Waals surface area contributed by atoms with Crippen LogP contribution in [0.2, 0.25) is 0 Å². The number of rotatable bonds is 6. The number of hydrogen-bond acceptors (Lipinski definition) is 4. The van der Waals surface area contributed by atoms with Crippen molar-refractivity contribution in [3.63, 3.8) is 0 Å². The van der Waals surface area contributed by atoms with Crippen LogP contribution in [-0.4, -0.2) is 21.5 Å². The molecule has 0 aliphatic heterocycles. The van der Waals surface area contributed by atoms with Crippen molar-refractivity contribution in [1.29, 1.82) is 0 Å². The number of aryl methyl sites for hydroxylation is 1. The van der Waals surface area contributed by atoms with Crippen LogP contribution in [0.1, 0.15) is 36.7 Å². The lowest BCUT2D eigenvalue weighted by atomic mass is 10.2. The van der Waals surface area contributed by atoms with E-state index in [1.54, 1.807) is 0 Å². The summed E-state index contributed by atoms with van der Waals surface area (Å²) < 4.78 is 8.34. The van der Waals surface area contributed by atoms with Crippen LogP contribution in [0.4, 0.5) is 0 Å². The third kappa shape index (κ3) is 3.70. The van der Waals surface area contributed by atoms with Gasteiger partial charge < -0.3 is 9.84 Å². The molecular weight excluding hydrogens is 320 g/mol. The molecule has 0 aliphatic carbocycles. The third-order valence-electron chi connectivity index (χ3n) is 3.07. The van der Waals surface area contributed by atoms with Gasteiger partial charge in [-0.25, -0.2) is 0 Å². The van der Waals surface area contributed by atoms with Gasteiger partial charge >= 0.3 is 0 Å². The van der Waals surface area contributed by atoms with Gasteiger partial charge in [0.2, 0.25) is 0 Å². The lowest BCUT2D eigenvalue weighted by molar-refractivity contribution is 0.362. The lowest BCUT2D eigenvalue weighted by Crippen LogP contribution is -2.19. The van der Waals surface area contributed by atoms with Crippen molar-refractivity contribution >= 4 is 15.9 Å². The first-order valence-corrected chi connectivity index (χ1v) is 7.61. The molecule has 0 spiro atoms. The van der Waals surface area contributed by atoms with Gasteiger partial charge in [0.25, 0.3) is 0 Å². The second-order valence-corrected chi connectivity index (χ2v) is 6.24. The highest BCUT2D eigenvalue weighted by Crippen LogP contribution is 2.20. The van der Waals surface area contributed by atoms with Gasteiger partial charge in [0.1, 0.15) is 6.54 Å². The highest BCUT2D eigenvalue weighted by atomic mass is 79.9. The first kappa shape index (κ1) is 15.3. The molecular formula is C14H21BrN4O. The van der Waals surface area contributed by atoms with Gasteiger partial charge in [-0.3, -0.25) is 4.68 Å². The van der Waals surface area contributed by atoms with Gasteiger partial charge in [0.15, 0.2) is 5.76 Å². The maximum Gasteiger partial charge on any atom is 0.158 e. The van der Waals surface area contributed by atoms with E-state index in [4.69, 9.17) is 4.52 Å². The minimum Gasteiger partial charge on any atom is -0.359 e. The molecule has 0 saturated heterocycles. The fraction of sp³-hybridized carbons (Fsp3) is 0.571. The van der Waals surface area contributed by atoms with Crippen LogP contribution >= 0.6 is 15.9 Å². The first-order chi connectivity index (χ1) is 9.47. The zero-order valence-electron chi connectivity index (χ0n) is 12.4. The molecule has 0 aliphatic rings. The molecule has 0 saturated carbocycles. The zero-order valence-corrected chi connectivity index (χ0v) is 14.0. The minimum atomic E-state index is 0.607. The SMILES string of the molecule is Cc1nn(Cc2cc(CNCC(C)C)no2)c(C)c1Br. The van der Waals surface area contributed by atoms with E-state index in [2.05, 4.69) is 45.3 Å². The number of aromatic nitrogens is 3. The van der Waals surface area contributed by atoms with Gasteiger partial charge in [-0.1, -0.05) is 19.0 Å². The van der Waals surface area contributed by atoms with Crippen LogP contribution in [0.25, 0.3) is 0 Å². The Hall–Kier alpha value is -1.14. The van der Waals surface area contributed by atoms with Gasteiger partial charge in [-0.2, -0.15) is 5.10 Å². The molecule has 1 N–H and O–H groups in total.